The highest BCUT2D eigenvalue weighted by Gasteiger charge is 2.14. The summed E-state index contributed by atoms with van der Waals surface area (Å²) in [7, 11) is 2.90. The normalized spacial score (nSPS) is 9.88. The van der Waals surface area contributed by atoms with E-state index in [1.165, 1.54) is 26.4 Å². The Morgan fingerprint density at radius 1 is 1.38 bits per heavy atom. The number of anilines is 1. The highest BCUT2D eigenvalue weighted by atomic mass is 16.7. The van der Waals surface area contributed by atoms with Gasteiger partial charge in [0.15, 0.2) is 18.3 Å². The maximum absolute atomic E-state index is 10.8. The minimum absolute atomic E-state index is 0.000658. The van der Waals surface area contributed by atoms with E-state index in [1.807, 2.05) is 0 Å². The van der Waals surface area contributed by atoms with E-state index in [2.05, 4.69) is 0 Å². The summed E-state index contributed by atoms with van der Waals surface area (Å²) in [5.41, 5.74) is 5.63. The zero-order valence-electron chi connectivity index (χ0n) is 9.02. The molecule has 1 aromatic carbocycles. The highest BCUT2D eigenvalue weighted by molar-refractivity contribution is 5.94. The number of nitrogens with two attached hydrogens (primary N) is 1. The van der Waals surface area contributed by atoms with Crippen LogP contribution in [0.1, 0.15) is 10.4 Å². The first-order valence-corrected chi connectivity index (χ1v) is 4.42. The summed E-state index contributed by atoms with van der Waals surface area (Å²) < 4.78 is 14.9. The Morgan fingerprint density at radius 2 is 2.06 bits per heavy atom. The highest BCUT2D eigenvalue weighted by Crippen LogP contribution is 2.32. The summed E-state index contributed by atoms with van der Waals surface area (Å²) in [6, 6.07) is 2.70. The quantitative estimate of drug-likeness (QED) is 0.575. The fourth-order valence-corrected chi connectivity index (χ4v) is 1.16. The summed E-state index contributed by atoms with van der Waals surface area (Å²) in [5.74, 6) is -0.488. The molecule has 0 aromatic heterocycles. The van der Waals surface area contributed by atoms with Gasteiger partial charge >= 0.3 is 5.97 Å². The standard InChI is InChI=1S/C10H13NO5/c1-14-5-16-9-3-6(10(12)13)7(11)4-8(9)15-2/h3-4H,5,11H2,1-2H3,(H,12,13). The molecule has 0 heterocycles. The molecule has 1 rings (SSSR count). The van der Waals surface area contributed by atoms with Crippen LogP contribution in [0.5, 0.6) is 11.5 Å². The Kier molecular flexibility index (Phi) is 3.96. The van der Waals surface area contributed by atoms with Crippen LogP contribution in [0.25, 0.3) is 0 Å². The van der Waals surface area contributed by atoms with Crippen molar-refractivity contribution >= 4 is 11.7 Å². The molecule has 0 amide bonds. The summed E-state index contributed by atoms with van der Waals surface area (Å²) in [5, 5.41) is 8.87. The lowest BCUT2D eigenvalue weighted by Crippen LogP contribution is -2.06. The van der Waals surface area contributed by atoms with E-state index < -0.39 is 5.97 Å². The van der Waals surface area contributed by atoms with Gasteiger partial charge in [0.2, 0.25) is 0 Å². The van der Waals surface area contributed by atoms with Crippen molar-refractivity contribution < 1.29 is 24.1 Å². The molecule has 0 saturated heterocycles. The van der Waals surface area contributed by atoms with Crippen molar-refractivity contribution in [3.63, 3.8) is 0 Å². The molecule has 0 spiro atoms. The lowest BCUT2D eigenvalue weighted by molar-refractivity contribution is 0.0488. The first kappa shape index (κ1) is 12.1. The van der Waals surface area contributed by atoms with Crippen LogP contribution >= 0.6 is 0 Å². The van der Waals surface area contributed by atoms with E-state index in [0.717, 1.165) is 0 Å². The van der Waals surface area contributed by atoms with Gasteiger partial charge in [-0.15, -0.1) is 0 Å². The molecular weight excluding hydrogens is 214 g/mol. The molecule has 0 bridgehead atoms. The average molecular weight is 227 g/mol. The fraction of sp³-hybridized carbons (Fsp3) is 0.300. The predicted octanol–water partition coefficient (Wildman–Crippen LogP) is 0.958. The molecule has 1 aromatic rings. The number of benzene rings is 1. The van der Waals surface area contributed by atoms with Crippen LogP contribution in [-0.4, -0.2) is 32.1 Å². The Morgan fingerprint density at radius 3 is 2.56 bits per heavy atom. The van der Waals surface area contributed by atoms with E-state index in [9.17, 15) is 4.79 Å². The Bertz CT molecular complexity index is 391. The minimum atomic E-state index is -1.12. The number of hydrogen-bond donors (Lipinski definition) is 2. The topological polar surface area (TPSA) is 91.0 Å². The number of carbonyl (C=O) groups is 1. The van der Waals surface area contributed by atoms with Gasteiger partial charge in [-0.3, -0.25) is 0 Å². The Labute approximate surface area is 92.5 Å². The fourth-order valence-electron chi connectivity index (χ4n) is 1.16. The number of carboxylic acids is 1. The minimum Gasteiger partial charge on any atom is -0.493 e. The van der Waals surface area contributed by atoms with E-state index in [0.29, 0.717) is 5.75 Å². The summed E-state index contributed by atoms with van der Waals surface area (Å²) >= 11 is 0. The Hall–Kier alpha value is -1.95. The molecule has 6 nitrogen and oxygen atoms in total. The van der Waals surface area contributed by atoms with E-state index in [1.54, 1.807) is 0 Å². The van der Waals surface area contributed by atoms with Crippen LogP contribution in [0.4, 0.5) is 5.69 Å². The number of methoxy groups -OCH3 is 2. The summed E-state index contributed by atoms with van der Waals surface area (Å²) in [6.07, 6.45) is 0. The van der Waals surface area contributed by atoms with Crippen molar-refractivity contribution in [1.29, 1.82) is 0 Å². The van der Waals surface area contributed by atoms with Crippen LogP contribution in [0, 0.1) is 0 Å². The van der Waals surface area contributed by atoms with Crippen molar-refractivity contribution in [1.82, 2.24) is 0 Å². The second-order valence-electron chi connectivity index (χ2n) is 2.95. The number of aromatic carboxylic acids is 1. The van der Waals surface area contributed by atoms with Crippen molar-refractivity contribution in [2.45, 2.75) is 0 Å². The molecule has 0 saturated carbocycles. The number of ether oxygens (including phenoxy) is 3. The Balaban J connectivity index is 3.12. The van der Waals surface area contributed by atoms with Gasteiger partial charge < -0.3 is 25.1 Å². The van der Waals surface area contributed by atoms with Gasteiger partial charge in [0.1, 0.15) is 0 Å². The SMILES string of the molecule is COCOc1cc(C(=O)O)c(N)cc1OC. The number of carboxylic acid groups (broad SMARTS) is 1. The number of nitrogen functional groups attached to an aromatic ring is 1. The molecule has 3 N–H and O–H groups in total. The third kappa shape index (κ3) is 2.54. The third-order valence-electron chi connectivity index (χ3n) is 1.90. The van der Waals surface area contributed by atoms with Gasteiger partial charge in [-0.2, -0.15) is 0 Å². The van der Waals surface area contributed by atoms with E-state index in [-0.39, 0.29) is 23.8 Å². The second-order valence-corrected chi connectivity index (χ2v) is 2.95. The molecule has 88 valence electrons. The van der Waals surface area contributed by atoms with Crippen LogP contribution in [0.3, 0.4) is 0 Å². The first-order chi connectivity index (χ1) is 7.60. The predicted molar refractivity (Wildman–Crippen MR) is 56.9 cm³/mol. The third-order valence-corrected chi connectivity index (χ3v) is 1.90. The van der Waals surface area contributed by atoms with Crippen LogP contribution in [0.15, 0.2) is 12.1 Å². The zero-order chi connectivity index (χ0) is 12.1. The molecule has 6 heteroatoms. The molecule has 0 fully saturated rings. The van der Waals surface area contributed by atoms with Crippen molar-refractivity contribution in [2.24, 2.45) is 0 Å². The maximum atomic E-state index is 10.8. The van der Waals surface area contributed by atoms with Crippen LogP contribution < -0.4 is 15.2 Å². The maximum Gasteiger partial charge on any atom is 0.337 e. The lowest BCUT2D eigenvalue weighted by atomic mass is 10.1. The second kappa shape index (κ2) is 5.22. The molecule has 0 aliphatic rings. The summed E-state index contributed by atoms with van der Waals surface area (Å²) in [4.78, 5) is 10.8. The van der Waals surface area contributed by atoms with Crippen LogP contribution in [-0.2, 0) is 4.74 Å². The molecule has 0 atom stereocenters. The molecule has 0 aliphatic carbocycles. The van der Waals surface area contributed by atoms with E-state index in [4.69, 9.17) is 25.1 Å². The molecule has 16 heavy (non-hydrogen) atoms. The smallest absolute Gasteiger partial charge is 0.337 e. The molecule has 0 unspecified atom stereocenters. The van der Waals surface area contributed by atoms with Crippen molar-refractivity contribution in [3.05, 3.63) is 17.7 Å². The van der Waals surface area contributed by atoms with Gasteiger partial charge in [0.25, 0.3) is 0 Å². The first-order valence-electron chi connectivity index (χ1n) is 4.42. The molecule has 0 aliphatic heterocycles. The van der Waals surface area contributed by atoms with Gasteiger partial charge in [-0.05, 0) is 0 Å². The average Bonchev–Trinajstić information content (AvgIpc) is 2.26. The number of rotatable bonds is 5. The van der Waals surface area contributed by atoms with Gasteiger partial charge in [0, 0.05) is 19.2 Å². The lowest BCUT2D eigenvalue weighted by Gasteiger charge is -2.12. The van der Waals surface area contributed by atoms with Crippen molar-refractivity contribution in [2.75, 3.05) is 26.7 Å². The molecular formula is C10H13NO5. The van der Waals surface area contributed by atoms with Gasteiger partial charge in [-0.1, -0.05) is 0 Å². The largest absolute Gasteiger partial charge is 0.493 e. The monoisotopic (exact) mass is 227 g/mol. The van der Waals surface area contributed by atoms with Gasteiger partial charge in [-0.25, -0.2) is 4.79 Å². The van der Waals surface area contributed by atoms with E-state index >= 15 is 0 Å². The number of hydrogen-bond acceptors (Lipinski definition) is 5. The van der Waals surface area contributed by atoms with Crippen LogP contribution in [0.2, 0.25) is 0 Å². The zero-order valence-corrected chi connectivity index (χ0v) is 9.02. The molecule has 0 radical (unpaired) electrons. The van der Waals surface area contributed by atoms with Gasteiger partial charge in [0.05, 0.1) is 18.4 Å². The van der Waals surface area contributed by atoms with Crippen molar-refractivity contribution in [3.8, 4) is 11.5 Å². The summed E-state index contributed by atoms with van der Waals surface area (Å²) in [6.45, 7) is -0.000658.